The van der Waals surface area contributed by atoms with Crippen molar-refractivity contribution in [3.8, 4) is 0 Å². The molecule has 5 nitrogen and oxygen atoms in total. The first-order valence-electron chi connectivity index (χ1n) is 7.79. The van der Waals surface area contributed by atoms with Crippen molar-refractivity contribution in [2.45, 2.75) is 46.5 Å². The van der Waals surface area contributed by atoms with E-state index in [9.17, 15) is 4.79 Å². The molecule has 0 fully saturated rings. The Hall–Kier alpha value is -0.650. The molecule has 0 aliphatic carbocycles. The topological polar surface area (TPSA) is 76.4 Å². The fourth-order valence-electron chi connectivity index (χ4n) is 1.46. The van der Waals surface area contributed by atoms with Crippen LogP contribution in [0.4, 0.5) is 0 Å². The Balaban J connectivity index is 3.32. The summed E-state index contributed by atoms with van der Waals surface area (Å²) in [5.74, 6) is -0.111. The molecule has 20 heavy (non-hydrogen) atoms. The predicted molar refractivity (Wildman–Crippen MR) is 83.7 cm³/mol. The second kappa shape index (κ2) is 12.1. The number of nitrogens with one attached hydrogen (secondary N) is 2. The van der Waals surface area contributed by atoms with Gasteiger partial charge in [-0.25, -0.2) is 0 Å². The van der Waals surface area contributed by atoms with E-state index in [0.717, 1.165) is 45.4 Å². The third kappa shape index (κ3) is 12.4. The molecule has 120 valence electrons. The molecule has 0 aromatic carbocycles. The van der Waals surface area contributed by atoms with Crippen LogP contribution in [-0.4, -0.2) is 45.3 Å². The van der Waals surface area contributed by atoms with Gasteiger partial charge in [0.1, 0.15) is 0 Å². The van der Waals surface area contributed by atoms with Crippen LogP contribution in [0.15, 0.2) is 0 Å². The first-order valence-corrected chi connectivity index (χ1v) is 7.79. The normalized spacial score (nSPS) is 11.6. The quantitative estimate of drug-likeness (QED) is 0.351. The van der Waals surface area contributed by atoms with Gasteiger partial charge in [-0.3, -0.25) is 4.79 Å². The molecular weight excluding hydrogens is 254 g/mol. The van der Waals surface area contributed by atoms with Gasteiger partial charge in [-0.2, -0.15) is 0 Å². The molecule has 0 heterocycles. The molecule has 0 aliphatic heterocycles. The van der Waals surface area contributed by atoms with Crippen molar-refractivity contribution >= 4 is 5.97 Å². The number of carbonyl (C=O) groups excluding carboxylic acids is 1. The highest BCUT2D eigenvalue weighted by Gasteiger charge is 2.17. The second-order valence-electron chi connectivity index (χ2n) is 5.92. The SMILES string of the molecule is CCC(C)(C)COC(=O)CCNCCCNCCCN. The van der Waals surface area contributed by atoms with E-state index in [4.69, 9.17) is 10.5 Å². The maximum atomic E-state index is 11.5. The molecule has 4 N–H and O–H groups in total. The summed E-state index contributed by atoms with van der Waals surface area (Å²) in [4.78, 5) is 11.5. The molecule has 0 aromatic heterocycles. The van der Waals surface area contributed by atoms with Crippen LogP contribution in [0.25, 0.3) is 0 Å². The van der Waals surface area contributed by atoms with E-state index in [1.54, 1.807) is 0 Å². The number of hydrogen-bond acceptors (Lipinski definition) is 5. The smallest absolute Gasteiger partial charge is 0.307 e. The lowest BCUT2D eigenvalue weighted by Gasteiger charge is -2.21. The van der Waals surface area contributed by atoms with E-state index < -0.39 is 0 Å². The number of nitrogens with two attached hydrogens (primary N) is 1. The van der Waals surface area contributed by atoms with Gasteiger partial charge in [0.2, 0.25) is 0 Å². The van der Waals surface area contributed by atoms with E-state index in [1.807, 2.05) is 0 Å². The third-order valence-corrected chi connectivity index (χ3v) is 3.35. The molecule has 0 radical (unpaired) electrons. The molecule has 0 aromatic rings. The summed E-state index contributed by atoms with van der Waals surface area (Å²) in [6, 6.07) is 0. The second-order valence-corrected chi connectivity index (χ2v) is 5.92. The van der Waals surface area contributed by atoms with E-state index in [1.165, 1.54) is 0 Å². The zero-order chi connectivity index (χ0) is 15.3. The van der Waals surface area contributed by atoms with Crippen LogP contribution < -0.4 is 16.4 Å². The molecule has 0 unspecified atom stereocenters. The predicted octanol–water partition coefficient (Wildman–Crippen LogP) is 1.27. The average molecular weight is 287 g/mol. The van der Waals surface area contributed by atoms with Crippen molar-refractivity contribution in [3.63, 3.8) is 0 Å². The van der Waals surface area contributed by atoms with E-state index in [-0.39, 0.29) is 11.4 Å². The van der Waals surface area contributed by atoms with Gasteiger partial charge in [0.25, 0.3) is 0 Å². The van der Waals surface area contributed by atoms with Crippen molar-refractivity contribution in [1.82, 2.24) is 10.6 Å². The lowest BCUT2D eigenvalue weighted by molar-refractivity contribution is -0.146. The van der Waals surface area contributed by atoms with Gasteiger partial charge in [-0.15, -0.1) is 0 Å². The minimum atomic E-state index is -0.111. The van der Waals surface area contributed by atoms with Crippen molar-refractivity contribution in [1.29, 1.82) is 0 Å². The highest BCUT2D eigenvalue weighted by atomic mass is 16.5. The van der Waals surface area contributed by atoms with Gasteiger partial charge in [0.05, 0.1) is 13.0 Å². The van der Waals surface area contributed by atoms with Gasteiger partial charge in [-0.05, 0) is 50.9 Å². The molecule has 0 saturated heterocycles. The fraction of sp³-hybridized carbons (Fsp3) is 0.933. The highest BCUT2D eigenvalue weighted by Crippen LogP contribution is 2.19. The van der Waals surface area contributed by atoms with Gasteiger partial charge in [0.15, 0.2) is 0 Å². The van der Waals surface area contributed by atoms with Crippen LogP contribution in [0, 0.1) is 5.41 Å². The summed E-state index contributed by atoms with van der Waals surface area (Å²) in [6.07, 6.45) is 3.53. The summed E-state index contributed by atoms with van der Waals surface area (Å²) in [6.45, 7) is 11.1. The Morgan fingerprint density at radius 3 is 2.30 bits per heavy atom. The summed E-state index contributed by atoms with van der Waals surface area (Å²) >= 11 is 0. The molecule has 0 bridgehead atoms. The Morgan fingerprint density at radius 1 is 1.10 bits per heavy atom. The number of ether oxygens (including phenoxy) is 1. The lowest BCUT2D eigenvalue weighted by atomic mass is 9.92. The van der Waals surface area contributed by atoms with Gasteiger partial charge in [0, 0.05) is 6.54 Å². The summed E-state index contributed by atoms with van der Waals surface area (Å²) in [5.41, 5.74) is 5.48. The van der Waals surface area contributed by atoms with Gasteiger partial charge in [-0.1, -0.05) is 20.8 Å². The lowest BCUT2D eigenvalue weighted by Crippen LogP contribution is -2.26. The van der Waals surface area contributed by atoms with E-state index in [0.29, 0.717) is 19.6 Å². The Kier molecular flexibility index (Phi) is 11.7. The maximum Gasteiger partial charge on any atom is 0.307 e. The zero-order valence-electron chi connectivity index (χ0n) is 13.5. The fourth-order valence-corrected chi connectivity index (χ4v) is 1.46. The Labute approximate surface area is 124 Å². The molecule has 5 heteroatoms. The molecule has 0 spiro atoms. The number of carbonyl (C=O) groups is 1. The number of hydrogen-bond donors (Lipinski definition) is 3. The van der Waals surface area contributed by atoms with E-state index >= 15 is 0 Å². The minimum Gasteiger partial charge on any atom is -0.465 e. The third-order valence-electron chi connectivity index (χ3n) is 3.35. The zero-order valence-corrected chi connectivity index (χ0v) is 13.5. The minimum absolute atomic E-state index is 0.0816. The van der Waals surface area contributed by atoms with Crippen LogP contribution in [0.1, 0.15) is 46.5 Å². The highest BCUT2D eigenvalue weighted by molar-refractivity contribution is 5.69. The number of esters is 1. The first-order chi connectivity index (χ1) is 9.52. The van der Waals surface area contributed by atoms with E-state index in [2.05, 4.69) is 31.4 Å². The van der Waals surface area contributed by atoms with Crippen LogP contribution >= 0.6 is 0 Å². The molecule has 0 amide bonds. The Morgan fingerprint density at radius 2 is 1.70 bits per heavy atom. The van der Waals surface area contributed by atoms with Gasteiger partial charge < -0.3 is 21.1 Å². The first kappa shape index (κ1) is 19.4. The van der Waals surface area contributed by atoms with Crippen LogP contribution in [0.3, 0.4) is 0 Å². The van der Waals surface area contributed by atoms with Crippen molar-refractivity contribution in [2.24, 2.45) is 11.1 Å². The molecule has 0 saturated carbocycles. The van der Waals surface area contributed by atoms with Crippen LogP contribution in [-0.2, 0) is 9.53 Å². The Bertz CT molecular complexity index is 245. The average Bonchev–Trinajstić information content (AvgIpc) is 2.43. The summed E-state index contributed by atoms with van der Waals surface area (Å²) < 4.78 is 5.27. The largest absolute Gasteiger partial charge is 0.465 e. The van der Waals surface area contributed by atoms with Gasteiger partial charge >= 0.3 is 5.97 Å². The summed E-state index contributed by atoms with van der Waals surface area (Å²) in [5, 5.41) is 6.57. The standard InChI is InChI=1S/C15H33N3O2/c1-4-15(2,3)13-20-14(19)7-12-18-11-6-10-17-9-5-8-16/h17-18H,4-13,16H2,1-3H3. The van der Waals surface area contributed by atoms with Crippen LogP contribution in [0.5, 0.6) is 0 Å². The molecule has 0 aliphatic rings. The number of rotatable bonds is 13. The molecule has 0 rings (SSSR count). The van der Waals surface area contributed by atoms with Crippen molar-refractivity contribution < 1.29 is 9.53 Å². The molecule has 0 atom stereocenters. The van der Waals surface area contributed by atoms with Crippen molar-refractivity contribution in [3.05, 3.63) is 0 Å². The van der Waals surface area contributed by atoms with Crippen LogP contribution in [0.2, 0.25) is 0 Å². The monoisotopic (exact) mass is 287 g/mol. The maximum absolute atomic E-state index is 11.5. The van der Waals surface area contributed by atoms with Crippen molar-refractivity contribution in [2.75, 3.05) is 39.3 Å². The summed E-state index contributed by atoms with van der Waals surface area (Å²) in [7, 11) is 0. The molecular formula is C15H33N3O2.